The lowest BCUT2D eigenvalue weighted by Gasteiger charge is -2.38. The molecule has 2 aromatic rings. The maximum absolute atomic E-state index is 13.3. The fourth-order valence-electron chi connectivity index (χ4n) is 4.25. The minimum absolute atomic E-state index is 0.00983. The van der Waals surface area contributed by atoms with Crippen molar-refractivity contribution >= 4 is 17.6 Å². The number of hydrogen-bond acceptors (Lipinski definition) is 3. The van der Waals surface area contributed by atoms with E-state index in [2.05, 4.69) is 5.10 Å². The van der Waals surface area contributed by atoms with E-state index < -0.39 is 0 Å². The largest absolute Gasteiger partial charge is 0.342 e. The molecule has 1 aromatic carbocycles. The number of amides is 2. The topological polar surface area (TPSA) is 58.4 Å². The first-order chi connectivity index (χ1) is 13.0. The van der Waals surface area contributed by atoms with E-state index in [0.717, 1.165) is 12.2 Å². The summed E-state index contributed by atoms with van der Waals surface area (Å²) in [5.74, 6) is 0.624. The van der Waals surface area contributed by atoms with Crippen LogP contribution in [0.5, 0.6) is 0 Å². The fourth-order valence-corrected chi connectivity index (χ4v) is 4.25. The Balaban J connectivity index is 1.39. The first kappa shape index (κ1) is 17.7. The van der Waals surface area contributed by atoms with Crippen molar-refractivity contribution in [3.8, 4) is 0 Å². The second-order valence-electron chi connectivity index (χ2n) is 7.49. The van der Waals surface area contributed by atoms with Gasteiger partial charge in [0.05, 0.1) is 18.0 Å². The Morgan fingerprint density at radius 3 is 2.59 bits per heavy atom. The lowest BCUT2D eigenvalue weighted by Crippen LogP contribution is -2.47. The zero-order valence-electron chi connectivity index (χ0n) is 15.4. The predicted molar refractivity (Wildman–Crippen MR) is 98.5 cm³/mol. The van der Waals surface area contributed by atoms with Gasteiger partial charge in [0.2, 0.25) is 11.8 Å². The van der Waals surface area contributed by atoms with Crippen LogP contribution in [-0.4, -0.2) is 46.1 Å². The van der Waals surface area contributed by atoms with Gasteiger partial charge in [-0.25, -0.2) is 4.39 Å². The highest BCUT2D eigenvalue weighted by Gasteiger charge is 2.49. The molecule has 1 spiro atoms. The number of halogens is 1. The van der Waals surface area contributed by atoms with Crippen LogP contribution in [0.2, 0.25) is 0 Å². The Labute approximate surface area is 157 Å². The number of hydrogen-bond donors (Lipinski definition) is 0. The number of aryl methyl sites for hydroxylation is 1. The molecule has 1 aromatic heterocycles. The molecule has 4 rings (SSSR count). The summed E-state index contributed by atoms with van der Waals surface area (Å²) in [6, 6.07) is 8.01. The summed E-state index contributed by atoms with van der Waals surface area (Å²) in [7, 11) is 1.83. The second-order valence-corrected chi connectivity index (χ2v) is 7.49. The summed E-state index contributed by atoms with van der Waals surface area (Å²) in [5.41, 5.74) is 0.305. The van der Waals surface area contributed by atoms with Gasteiger partial charge in [0.1, 0.15) is 11.6 Å². The van der Waals surface area contributed by atoms with E-state index in [1.807, 2.05) is 18.0 Å². The third kappa shape index (κ3) is 3.22. The van der Waals surface area contributed by atoms with Crippen LogP contribution in [0.4, 0.5) is 10.2 Å². The molecule has 3 heterocycles. The van der Waals surface area contributed by atoms with Crippen LogP contribution >= 0.6 is 0 Å². The summed E-state index contributed by atoms with van der Waals surface area (Å²) in [6.45, 7) is 1.83. The summed E-state index contributed by atoms with van der Waals surface area (Å²) >= 11 is 0. The van der Waals surface area contributed by atoms with Gasteiger partial charge >= 0.3 is 0 Å². The van der Waals surface area contributed by atoms with Crippen LogP contribution in [0.1, 0.15) is 24.8 Å². The molecule has 0 atom stereocenters. The average molecular weight is 370 g/mol. The van der Waals surface area contributed by atoms with Crippen molar-refractivity contribution in [3.05, 3.63) is 47.9 Å². The van der Waals surface area contributed by atoms with Crippen molar-refractivity contribution in [1.29, 1.82) is 0 Å². The normalized spacial score (nSPS) is 19.1. The van der Waals surface area contributed by atoms with Gasteiger partial charge in [-0.3, -0.25) is 19.2 Å². The molecular formula is C20H23FN4O2. The molecule has 0 bridgehead atoms. The van der Waals surface area contributed by atoms with Crippen molar-refractivity contribution in [1.82, 2.24) is 14.7 Å². The predicted octanol–water partition coefficient (Wildman–Crippen LogP) is 2.15. The minimum atomic E-state index is -0.375. The molecule has 0 radical (unpaired) electrons. The number of carbonyl (C=O) groups excluding carboxylic acids is 2. The molecule has 142 valence electrons. The summed E-state index contributed by atoms with van der Waals surface area (Å²) < 4.78 is 15.0. The van der Waals surface area contributed by atoms with Gasteiger partial charge < -0.3 is 4.90 Å². The van der Waals surface area contributed by atoms with Crippen molar-refractivity contribution in [2.75, 3.05) is 24.5 Å². The van der Waals surface area contributed by atoms with Crippen LogP contribution in [0.3, 0.4) is 0 Å². The minimum Gasteiger partial charge on any atom is -0.342 e. The second kappa shape index (κ2) is 6.79. The highest BCUT2D eigenvalue weighted by Crippen LogP contribution is 2.43. The Hall–Kier alpha value is -2.70. The quantitative estimate of drug-likeness (QED) is 0.832. The number of nitrogens with zero attached hydrogens (tertiary/aromatic N) is 4. The van der Waals surface area contributed by atoms with Crippen molar-refractivity contribution in [3.63, 3.8) is 0 Å². The number of anilines is 1. The molecule has 2 saturated heterocycles. The van der Waals surface area contributed by atoms with Gasteiger partial charge in [-0.15, -0.1) is 0 Å². The van der Waals surface area contributed by atoms with Crippen molar-refractivity contribution in [2.45, 2.75) is 25.7 Å². The Morgan fingerprint density at radius 1 is 1.19 bits per heavy atom. The molecule has 0 aliphatic carbocycles. The fraction of sp³-hybridized carbons (Fsp3) is 0.450. The van der Waals surface area contributed by atoms with E-state index in [1.165, 1.54) is 12.1 Å². The van der Waals surface area contributed by atoms with E-state index >= 15 is 0 Å². The third-order valence-electron chi connectivity index (χ3n) is 5.90. The SMILES string of the molecule is Cn1nccc1N1CCC2(CCN(C(=O)Cc3cccc(F)c3)CC2)C1=O. The zero-order chi connectivity index (χ0) is 19.0. The maximum Gasteiger partial charge on any atom is 0.234 e. The smallest absolute Gasteiger partial charge is 0.234 e. The van der Waals surface area contributed by atoms with Crippen LogP contribution in [-0.2, 0) is 23.1 Å². The highest BCUT2D eigenvalue weighted by atomic mass is 19.1. The van der Waals surface area contributed by atoms with Gasteiger partial charge in [0, 0.05) is 32.7 Å². The molecule has 7 heteroatoms. The van der Waals surface area contributed by atoms with Gasteiger partial charge in [-0.05, 0) is 37.0 Å². The Bertz CT molecular complexity index is 870. The average Bonchev–Trinajstić information content (AvgIpc) is 3.20. The lowest BCUT2D eigenvalue weighted by atomic mass is 9.77. The van der Waals surface area contributed by atoms with E-state index in [9.17, 15) is 14.0 Å². The van der Waals surface area contributed by atoms with Crippen LogP contribution in [0, 0.1) is 11.2 Å². The maximum atomic E-state index is 13.3. The number of rotatable bonds is 3. The van der Waals surface area contributed by atoms with Gasteiger partial charge in [-0.2, -0.15) is 5.10 Å². The first-order valence-electron chi connectivity index (χ1n) is 9.31. The number of piperidine rings is 1. The number of likely N-dealkylation sites (tertiary alicyclic amines) is 1. The van der Waals surface area contributed by atoms with E-state index in [4.69, 9.17) is 0 Å². The van der Waals surface area contributed by atoms with E-state index in [-0.39, 0.29) is 29.5 Å². The third-order valence-corrected chi connectivity index (χ3v) is 5.90. The molecule has 0 saturated carbocycles. The van der Waals surface area contributed by atoms with Gasteiger partial charge in [-0.1, -0.05) is 12.1 Å². The summed E-state index contributed by atoms with van der Waals surface area (Å²) in [6.07, 6.45) is 4.05. The number of carbonyl (C=O) groups is 2. The van der Waals surface area contributed by atoms with Gasteiger partial charge in [0.15, 0.2) is 0 Å². The molecule has 2 amide bonds. The lowest BCUT2D eigenvalue weighted by molar-refractivity contribution is -0.137. The van der Waals surface area contributed by atoms with Crippen LogP contribution < -0.4 is 4.90 Å². The Kier molecular flexibility index (Phi) is 4.45. The molecule has 0 N–H and O–H groups in total. The van der Waals surface area contributed by atoms with Crippen molar-refractivity contribution in [2.24, 2.45) is 12.5 Å². The molecule has 2 aliphatic rings. The molecular weight excluding hydrogens is 347 g/mol. The van der Waals surface area contributed by atoms with Gasteiger partial charge in [0.25, 0.3) is 0 Å². The standard InChI is InChI=1S/C20H23FN4O2/c1-23-17(5-9-22-23)25-12-8-20(19(25)27)6-10-24(11-7-20)18(26)14-15-3-2-4-16(21)13-15/h2-5,9,13H,6-8,10-12,14H2,1H3. The van der Waals surface area contributed by atoms with Crippen molar-refractivity contribution < 1.29 is 14.0 Å². The molecule has 2 fully saturated rings. The number of benzene rings is 1. The van der Waals surface area contributed by atoms with E-state index in [1.54, 1.807) is 27.9 Å². The monoisotopic (exact) mass is 370 g/mol. The molecule has 6 nitrogen and oxygen atoms in total. The summed E-state index contributed by atoms with van der Waals surface area (Å²) in [5, 5.41) is 4.15. The summed E-state index contributed by atoms with van der Waals surface area (Å²) in [4.78, 5) is 29.3. The highest BCUT2D eigenvalue weighted by molar-refractivity contribution is 5.99. The Morgan fingerprint density at radius 2 is 1.93 bits per heavy atom. The number of aromatic nitrogens is 2. The zero-order valence-corrected chi connectivity index (χ0v) is 15.4. The van der Waals surface area contributed by atoms with Crippen LogP contribution in [0.15, 0.2) is 36.5 Å². The first-order valence-corrected chi connectivity index (χ1v) is 9.31. The molecule has 2 aliphatic heterocycles. The molecule has 0 unspecified atom stereocenters. The van der Waals surface area contributed by atoms with Crippen LogP contribution in [0.25, 0.3) is 0 Å². The van der Waals surface area contributed by atoms with E-state index in [0.29, 0.717) is 38.0 Å². The molecule has 27 heavy (non-hydrogen) atoms.